The van der Waals surface area contributed by atoms with Gasteiger partial charge < -0.3 is 19.7 Å². The van der Waals surface area contributed by atoms with E-state index in [0.717, 1.165) is 23.4 Å². The van der Waals surface area contributed by atoms with Gasteiger partial charge in [0.1, 0.15) is 17.3 Å². The van der Waals surface area contributed by atoms with Crippen molar-refractivity contribution in [3.05, 3.63) is 77.6 Å². The highest BCUT2D eigenvalue weighted by atomic mass is 32.1. The molecule has 0 saturated carbocycles. The van der Waals surface area contributed by atoms with Gasteiger partial charge >= 0.3 is 0 Å². The molecule has 0 bridgehead atoms. The number of hydrogen-bond acceptors (Lipinski definition) is 5. The second-order valence-corrected chi connectivity index (χ2v) is 8.19. The number of nitrogens with one attached hydrogen (secondary N) is 1. The lowest BCUT2D eigenvalue weighted by Crippen LogP contribution is -2.38. The first-order chi connectivity index (χ1) is 15.5. The lowest BCUT2D eigenvalue weighted by atomic mass is 9.76. The zero-order chi connectivity index (χ0) is 22.7. The monoisotopic (exact) mass is 452 g/mol. The first-order valence-corrected chi connectivity index (χ1v) is 10.7. The number of aryl methyl sites for hydroxylation is 1. The van der Waals surface area contributed by atoms with Crippen LogP contribution in [-0.2, 0) is 5.41 Å². The van der Waals surface area contributed by atoms with Crippen LogP contribution in [0.5, 0.6) is 11.5 Å². The van der Waals surface area contributed by atoms with Gasteiger partial charge in [-0.1, -0.05) is 12.1 Å². The van der Waals surface area contributed by atoms with E-state index in [9.17, 15) is 4.39 Å². The maximum Gasteiger partial charge on any atom is 0.173 e. The summed E-state index contributed by atoms with van der Waals surface area (Å²) < 4.78 is 25.3. The third-order valence-electron chi connectivity index (χ3n) is 5.98. The molecule has 1 atom stereocenters. The first-order valence-electron chi connectivity index (χ1n) is 10.3. The van der Waals surface area contributed by atoms with Crippen LogP contribution in [0.3, 0.4) is 0 Å². The van der Waals surface area contributed by atoms with E-state index in [-0.39, 0.29) is 5.82 Å². The maximum atomic E-state index is 14.5. The third-order valence-corrected chi connectivity index (χ3v) is 6.34. The number of halogens is 1. The molecule has 2 aromatic carbocycles. The summed E-state index contributed by atoms with van der Waals surface area (Å²) in [5, 5.41) is 3.83. The highest BCUT2D eigenvalue weighted by Gasteiger charge is 2.43. The third kappa shape index (κ3) is 4.10. The molecule has 1 aromatic heterocycles. The molecule has 0 amide bonds. The summed E-state index contributed by atoms with van der Waals surface area (Å²) >= 11 is 5.74. The summed E-state index contributed by atoms with van der Waals surface area (Å²) in [7, 11) is 3.22. The number of hydrogen-bond donors (Lipinski definition) is 1. The maximum absolute atomic E-state index is 14.5. The molecule has 1 aliphatic heterocycles. The standard InChI is InChI=1S/C24H25FN4O2S/c1-16-4-5-17(12-19(16)25)24(22-14-26-9-10-27-22)8-11-29(15-24)23(32)28-20-13-18(30-2)6-7-21(20)31-3/h4-7,9-10,12-14H,8,11,15H2,1-3H3,(H,28,32)/t24-/m1/s1. The number of ether oxygens (including phenoxy) is 2. The van der Waals surface area contributed by atoms with Crippen LogP contribution in [0.15, 0.2) is 55.0 Å². The van der Waals surface area contributed by atoms with Crippen LogP contribution >= 0.6 is 12.2 Å². The Morgan fingerprint density at radius 3 is 2.69 bits per heavy atom. The fourth-order valence-electron chi connectivity index (χ4n) is 4.12. The Bertz CT molecular complexity index is 1130. The van der Waals surface area contributed by atoms with Crippen LogP contribution < -0.4 is 14.8 Å². The summed E-state index contributed by atoms with van der Waals surface area (Å²) in [5.74, 6) is 1.13. The lowest BCUT2D eigenvalue weighted by Gasteiger charge is -2.30. The van der Waals surface area contributed by atoms with E-state index >= 15 is 0 Å². The quantitative estimate of drug-likeness (QED) is 0.578. The number of benzene rings is 2. The van der Waals surface area contributed by atoms with Gasteiger partial charge in [0, 0.05) is 37.7 Å². The van der Waals surface area contributed by atoms with E-state index in [4.69, 9.17) is 21.7 Å². The second kappa shape index (κ2) is 9.08. The van der Waals surface area contributed by atoms with Gasteiger partial charge in [0.05, 0.1) is 31.0 Å². The van der Waals surface area contributed by atoms with Crippen LogP contribution in [0, 0.1) is 12.7 Å². The molecule has 32 heavy (non-hydrogen) atoms. The molecular formula is C24H25FN4O2S. The molecule has 2 heterocycles. The van der Waals surface area contributed by atoms with Crippen molar-refractivity contribution in [2.75, 3.05) is 32.6 Å². The Kier molecular flexibility index (Phi) is 6.23. The van der Waals surface area contributed by atoms with E-state index in [1.54, 1.807) is 45.8 Å². The van der Waals surface area contributed by atoms with Crippen LogP contribution in [0.25, 0.3) is 0 Å². The summed E-state index contributed by atoms with van der Waals surface area (Å²) in [4.78, 5) is 10.9. The Morgan fingerprint density at radius 1 is 1.16 bits per heavy atom. The molecule has 1 N–H and O–H groups in total. The van der Waals surface area contributed by atoms with Crippen molar-refractivity contribution in [3.8, 4) is 11.5 Å². The van der Waals surface area contributed by atoms with Gasteiger partial charge in [-0.3, -0.25) is 9.97 Å². The minimum atomic E-state index is -0.521. The van der Waals surface area contributed by atoms with E-state index < -0.39 is 5.41 Å². The molecule has 6 nitrogen and oxygen atoms in total. The SMILES string of the molecule is COc1ccc(OC)c(NC(=S)N2CC[C@@](c3ccc(C)c(F)c3)(c3cnccn3)C2)c1. The summed E-state index contributed by atoms with van der Waals surface area (Å²) in [6.45, 7) is 2.99. The minimum Gasteiger partial charge on any atom is -0.497 e. The van der Waals surface area contributed by atoms with Crippen molar-refractivity contribution < 1.29 is 13.9 Å². The number of methoxy groups -OCH3 is 2. The number of nitrogens with zero attached hydrogens (tertiary/aromatic N) is 3. The van der Waals surface area contributed by atoms with Crippen molar-refractivity contribution in [1.82, 2.24) is 14.9 Å². The fraction of sp³-hybridized carbons (Fsp3) is 0.292. The van der Waals surface area contributed by atoms with E-state index in [1.807, 2.05) is 30.3 Å². The summed E-state index contributed by atoms with van der Waals surface area (Å²) in [5.41, 5.74) is 2.47. The van der Waals surface area contributed by atoms with Crippen LogP contribution in [-0.4, -0.2) is 47.3 Å². The zero-order valence-electron chi connectivity index (χ0n) is 18.3. The smallest absolute Gasteiger partial charge is 0.173 e. The highest BCUT2D eigenvalue weighted by Crippen LogP contribution is 2.40. The lowest BCUT2D eigenvalue weighted by molar-refractivity contribution is 0.404. The van der Waals surface area contributed by atoms with Crippen LogP contribution in [0.2, 0.25) is 0 Å². The van der Waals surface area contributed by atoms with E-state index in [0.29, 0.717) is 35.3 Å². The molecule has 1 aliphatic rings. The molecular weight excluding hydrogens is 427 g/mol. The molecule has 8 heteroatoms. The normalized spacial score (nSPS) is 17.8. The Hall–Kier alpha value is -3.26. The number of thiocarbonyl (C=S) groups is 1. The van der Waals surface area contributed by atoms with Crippen molar-refractivity contribution >= 4 is 23.0 Å². The summed E-state index contributed by atoms with van der Waals surface area (Å²) in [6, 6.07) is 10.9. The Labute approximate surface area is 192 Å². The Morgan fingerprint density at radius 2 is 2.00 bits per heavy atom. The molecule has 166 valence electrons. The van der Waals surface area contributed by atoms with Gasteiger partial charge in [-0.05, 0) is 54.9 Å². The number of likely N-dealkylation sites (tertiary alicyclic amines) is 1. The molecule has 1 fully saturated rings. The largest absolute Gasteiger partial charge is 0.497 e. The average Bonchev–Trinajstić information content (AvgIpc) is 3.28. The highest BCUT2D eigenvalue weighted by molar-refractivity contribution is 7.80. The van der Waals surface area contributed by atoms with Crippen molar-refractivity contribution in [1.29, 1.82) is 0 Å². The fourth-order valence-corrected chi connectivity index (χ4v) is 4.38. The zero-order valence-corrected chi connectivity index (χ0v) is 19.1. The predicted octanol–water partition coefficient (Wildman–Crippen LogP) is 4.33. The molecule has 0 spiro atoms. The van der Waals surface area contributed by atoms with E-state index in [2.05, 4.69) is 20.2 Å². The Balaban J connectivity index is 1.65. The number of anilines is 1. The number of aromatic nitrogens is 2. The van der Waals surface area contributed by atoms with Crippen LogP contribution in [0.1, 0.15) is 23.2 Å². The summed E-state index contributed by atoms with van der Waals surface area (Å²) in [6.07, 6.45) is 5.79. The van der Waals surface area contributed by atoms with Crippen molar-refractivity contribution in [3.63, 3.8) is 0 Å². The van der Waals surface area contributed by atoms with Gasteiger partial charge in [-0.25, -0.2) is 4.39 Å². The van der Waals surface area contributed by atoms with Gasteiger partial charge in [-0.2, -0.15) is 0 Å². The van der Waals surface area contributed by atoms with Gasteiger partial charge in [0.25, 0.3) is 0 Å². The molecule has 4 rings (SSSR count). The topological polar surface area (TPSA) is 59.5 Å². The minimum absolute atomic E-state index is 0.231. The predicted molar refractivity (Wildman–Crippen MR) is 126 cm³/mol. The van der Waals surface area contributed by atoms with Gasteiger partial charge in [0.2, 0.25) is 0 Å². The van der Waals surface area contributed by atoms with Crippen LogP contribution in [0.4, 0.5) is 10.1 Å². The molecule has 3 aromatic rings. The average molecular weight is 453 g/mol. The molecule has 0 radical (unpaired) electrons. The van der Waals surface area contributed by atoms with Gasteiger partial charge in [0.15, 0.2) is 5.11 Å². The molecule has 1 saturated heterocycles. The van der Waals surface area contributed by atoms with Crippen molar-refractivity contribution in [2.24, 2.45) is 0 Å². The molecule has 0 unspecified atom stereocenters. The van der Waals surface area contributed by atoms with E-state index in [1.165, 1.54) is 0 Å². The number of rotatable bonds is 5. The van der Waals surface area contributed by atoms with Gasteiger partial charge in [-0.15, -0.1) is 0 Å². The first kappa shape index (κ1) is 22.0. The second-order valence-electron chi connectivity index (χ2n) is 7.80. The van der Waals surface area contributed by atoms with Crippen molar-refractivity contribution in [2.45, 2.75) is 18.8 Å². The molecule has 0 aliphatic carbocycles.